The number of amides is 4. The molecule has 2 fully saturated rings. The van der Waals surface area contributed by atoms with E-state index in [1.54, 1.807) is 17.7 Å². The first kappa shape index (κ1) is 49.9. The first-order valence-corrected chi connectivity index (χ1v) is 24.8. The molecule has 3 aliphatic rings. The Hall–Kier alpha value is -5.00. The Balaban J connectivity index is 0.845. The molecule has 67 heavy (non-hydrogen) atoms. The molecule has 4 amide bonds. The van der Waals surface area contributed by atoms with Crippen LogP contribution >= 0.6 is 22.9 Å². The van der Waals surface area contributed by atoms with Gasteiger partial charge in [0, 0.05) is 75.0 Å². The maximum absolute atomic E-state index is 14.1. The Bertz CT molecular complexity index is 2330. The zero-order chi connectivity index (χ0) is 47.8. The maximum atomic E-state index is 14.1. The molecule has 7 rings (SSSR count). The zero-order valence-corrected chi connectivity index (χ0v) is 41.2. The van der Waals surface area contributed by atoms with E-state index in [-0.39, 0.29) is 49.8 Å². The second-order valence-corrected chi connectivity index (χ2v) is 20.5. The van der Waals surface area contributed by atoms with Crippen LogP contribution in [0.4, 0.5) is 5.82 Å². The van der Waals surface area contributed by atoms with Gasteiger partial charge in [0.2, 0.25) is 23.6 Å². The number of likely N-dealkylation sites (tertiary alicyclic amines) is 1. The fraction of sp³-hybridized carbons (Fsp3) is 0.540. The SMILES string of the molecule is Cc1ncsc1-c1ccc(C(C)NC(=O)C2CC(O)CN2C(=O)C(NC(=O)CCOCCCNCC(C(=O)N2CCN(c3ncnc4c3C(C)CC4)CC2)c2ccc(Cl)cc2)C(C)(C)C)cc1. The van der Waals surface area contributed by atoms with Crippen molar-refractivity contribution in [2.24, 2.45) is 5.41 Å². The number of fused-ring (bicyclic) bond motifs is 1. The summed E-state index contributed by atoms with van der Waals surface area (Å²) < 4.78 is 5.84. The smallest absolute Gasteiger partial charge is 0.246 e. The van der Waals surface area contributed by atoms with Crippen LogP contribution in [-0.2, 0) is 30.3 Å². The summed E-state index contributed by atoms with van der Waals surface area (Å²) in [6, 6.07) is 13.2. The van der Waals surface area contributed by atoms with Crippen molar-refractivity contribution in [2.75, 3.05) is 63.9 Å². The van der Waals surface area contributed by atoms with Crippen molar-refractivity contribution in [1.82, 2.24) is 40.7 Å². The number of halogens is 1. The van der Waals surface area contributed by atoms with Crippen LogP contribution in [0.15, 0.2) is 60.4 Å². The molecule has 6 unspecified atom stereocenters. The second kappa shape index (κ2) is 22.4. The van der Waals surface area contributed by atoms with Gasteiger partial charge in [0.05, 0.1) is 40.8 Å². The highest BCUT2D eigenvalue weighted by Gasteiger charge is 2.45. The van der Waals surface area contributed by atoms with Gasteiger partial charge < -0.3 is 40.5 Å². The number of nitrogens with one attached hydrogen (secondary N) is 3. The van der Waals surface area contributed by atoms with Crippen molar-refractivity contribution in [3.63, 3.8) is 0 Å². The van der Waals surface area contributed by atoms with Crippen molar-refractivity contribution >= 4 is 52.4 Å². The number of aromatic nitrogens is 3. The van der Waals surface area contributed by atoms with Gasteiger partial charge in [0.1, 0.15) is 24.2 Å². The summed E-state index contributed by atoms with van der Waals surface area (Å²) in [6.07, 6.45) is 3.66. The molecule has 1 aliphatic carbocycles. The Morgan fingerprint density at radius 2 is 1.66 bits per heavy atom. The van der Waals surface area contributed by atoms with E-state index in [4.69, 9.17) is 16.3 Å². The number of β-amino-alcohol motifs (C(OH)–C–C–N with tert-alkyl or cyclic N) is 1. The number of hydrogen-bond acceptors (Lipinski definition) is 12. The molecule has 0 spiro atoms. The minimum atomic E-state index is -0.937. The Labute approximate surface area is 403 Å². The monoisotopic (exact) mass is 955 g/mol. The molecule has 0 bridgehead atoms. The third kappa shape index (κ3) is 12.4. The van der Waals surface area contributed by atoms with Gasteiger partial charge >= 0.3 is 0 Å². The predicted molar refractivity (Wildman–Crippen MR) is 261 cm³/mol. The van der Waals surface area contributed by atoms with Crippen molar-refractivity contribution in [1.29, 1.82) is 0 Å². The van der Waals surface area contributed by atoms with Crippen LogP contribution in [0, 0.1) is 12.3 Å². The lowest BCUT2D eigenvalue weighted by atomic mass is 9.85. The van der Waals surface area contributed by atoms with E-state index < -0.39 is 35.4 Å². The molecular weight excluding hydrogens is 890 g/mol. The molecule has 2 aromatic carbocycles. The summed E-state index contributed by atoms with van der Waals surface area (Å²) in [4.78, 5) is 75.4. The molecule has 2 aromatic heterocycles. The van der Waals surface area contributed by atoms with E-state index in [0.29, 0.717) is 63.2 Å². The standard InChI is InChI=1S/C50H66ClN9O6S/c1-31-8-17-40-43(31)46(54-29-53-40)58-20-22-59(23-21-58)48(64)39(35-13-15-37(51)16-14-35)27-52-19-7-24-66-25-18-42(62)57-45(50(4,5)6)49(65)60-28-38(61)26-41(60)47(63)56-32(2)34-9-11-36(12-10-34)44-33(3)55-30-67-44/h9-16,29-32,38-39,41,45,52,61H,7-8,17-28H2,1-6H3,(H,56,63)(H,57,62). The third-order valence-electron chi connectivity index (χ3n) is 13.2. The summed E-state index contributed by atoms with van der Waals surface area (Å²) in [5.74, 6) is -0.0157. The van der Waals surface area contributed by atoms with E-state index in [0.717, 1.165) is 51.6 Å². The summed E-state index contributed by atoms with van der Waals surface area (Å²) in [6.45, 7) is 15.9. The van der Waals surface area contributed by atoms with Crippen LogP contribution in [0.1, 0.15) is 106 Å². The van der Waals surface area contributed by atoms with Gasteiger partial charge in [-0.3, -0.25) is 19.2 Å². The van der Waals surface area contributed by atoms with Crippen LogP contribution in [0.2, 0.25) is 5.02 Å². The van der Waals surface area contributed by atoms with Gasteiger partial charge in [-0.15, -0.1) is 11.3 Å². The molecule has 0 saturated carbocycles. The number of aryl methyl sites for hydroxylation is 2. The number of rotatable bonds is 18. The lowest BCUT2D eigenvalue weighted by Crippen LogP contribution is -2.58. The van der Waals surface area contributed by atoms with E-state index in [1.807, 2.05) is 93.6 Å². The minimum Gasteiger partial charge on any atom is -0.391 e. The first-order valence-electron chi connectivity index (χ1n) is 23.6. The van der Waals surface area contributed by atoms with Gasteiger partial charge in [0.25, 0.3) is 0 Å². The van der Waals surface area contributed by atoms with Crippen LogP contribution in [0.25, 0.3) is 10.4 Å². The Morgan fingerprint density at radius 1 is 0.940 bits per heavy atom. The molecular formula is C50H66ClN9O6S. The topological polar surface area (TPSA) is 182 Å². The van der Waals surface area contributed by atoms with Gasteiger partial charge in [-0.2, -0.15) is 0 Å². The molecule has 4 aromatic rings. The highest BCUT2D eigenvalue weighted by atomic mass is 35.5. The van der Waals surface area contributed by atoms with E-state index >= 15 is 0 Å². The second-order valence-electron chi connectivity index (χ2n) is 19.2. The quantitative estimate of drug-likeness (QED) is 0.0886. The van der Waals surface area contributed by atoms with Crippen molar-refractivity contribution < 1.29 is 29.0 Å². The number of benzene rings is 2. The van der Waals surface area contributed by atoms with Crippen molar-refractivity contribution in [2.45, 2.75) is 110 Å². The number of anilines is 1. The lowest BCUT2D eigenvalue weighted by Gasteiger charge is -2.38. The highest BCUT2D eigenvalue weighted by Crippen LogP contribution is 2.37. The maximum Gasteiger partial charge on any atom is 0.246 e. The molecule has 0 radical (unpaired) electrons. The molecule has 2 aliphatic heterocycles. The first-order chi connectivity index (χ1) is 32.1. The molecule has 15 nitrogen and oxygen atoms in total. The van der Waals surface area contributed by atoms with Crippen molar-refractivity contribution in [3.05, 3.63) is 93.5 Å². The summed E-state index contributed by atoms with van der Waals surface area (Å²) in [5, 5.41) is 20.7. The van der Waals surface area contributed by atoms with Gasteiger partial charge in [-0.1, -0.05) is 75.7 Å². The number of hydrogen-bond donors (Lipinski definition) is 4. The fourth-order valence-corrected chi connectivity index (χ4v) is 10.3. The molecule has 17 heteroatoms. The van der Waals surface area contributed by atoms with Crippen LogP contribution in [0.5, 0.6) is 0 Å². The van der Waals surface area contributed by atoms with Crippen LogP contribution in [0.3, 0.4) is 0 Å². The van der Waals surface area contributed by atoms with E-state index in [1.165, 1.54) is 10.5 Å². The average Bonchev–Trinajstić information content (AvgIpc) is 4.05. The summed E-state index contributed by atoms with van der Waals surface area (Å²) >= 11 is 7.80. The highest BCUT2D eigenvalue weighted by molar-refractivity contribution is 7.13. The summed E-state index contributed by atoms with van der Waals surface area (Å²) in [7, 11) is 0. The largest absolute Gasteiger partial charge is 0.391 e. The number of ether oxygens (including phenoxy) is 1. The lowest BCUT2D eigenvalue weighted by molar-refractivity contribution is -0.144. The number of thiazole rings is 1. The third-order valence-corrected chi connectivity index (χ3v) is 14.5. The number of carbonyl (C=O) groups is 4. The molecule has 4 N–H and O–H groups in total. The normalized spacial score (nSPS) is 19.8. The van der Waals surface area contributed by atoms with Crippen molar-refractivity contribution in [3.8, 4) is 10.4 Å². The minimum absolute atomic E-state index is 0.00884. The number of piperazine rings is 1. The number of aliphatic hydroxyl groups is 1. The van der Waals surface area contributed by atoms with Gasteiger partial charge in [-0.25, -0.2) is 15.0 Å². The molecule has 360 valence electrons. The van der Waals surface area contributed by atoms with Crippen LogP contribution in [-0.4, -0.2) is 131 Å². The number of nitrogens with zero attached hydrogens (tertiary/aromatic N) is 6. The van der Waals surface area contributed by atoms with Gasteiger partial charge in [0.15, 0.2) is 0 Å². The predicted octanol–water partition coefficient (Wildman–Crippen LogP) is 5.80. The van der Waals surface area contributed by atoms with E-state index in [9.17, 15) is 24.3 Å². The fourth-order valence-electron chi connectivity index (χ4n) is 9.34. The van der Waals surface area contributed by atoms with E-state index in [2.05, 4.69) is 42.7 Å². The molecule has 4 heterocycles. The molecule has 6 atom stereocenters. The average molecular weight is 957 g/mol. The molecule has 2 saturated heterocycles. The van der Waals surface area contributed by atoms with Gasteiger partial charge in [-0.05, 0) is 79.8 Å². The Morgan fingerprint density at radius 3 is 2.34 bits per heavy atom. The van der Waals surface area contributed by atoms with Crippen LogP contribution < -0.4 is 20.9 Å². The number of carbonyl (C=O) groups excluding carboxylic acids is 4. The zero-order valence-electron chi connectivity index (χ0n) is 39.6. The summed E-state index contributed by atoms with van der Waals surface area (Å²) in [5.41, 5.74) is 7.35. The Kier molecular flexibility index (Phi) is 16.7. The number of aliphatic hydroxyl groups excluding tert-OH is 1.